The number of carbonyl (C=O) groups is 2. The van der Waals surface area contributed by atoms with Gasteiger partial charge in [-0.25, -0.2) is 13.1 Å². The standard InChI is InChI=1S/C51H54ClN9O7S2/c1-28-11-13-35(39(24-46(63)64)36-22-40-49(43(23-36)67-7)59(6)58-56-40)21-37(28)27-60-26-29(2)68-42-20-33(12-18-44(42)70(60,65)66)10-8-9-19-53-45(62)25-41-50-57-55-32(5)61(50)51-47(30(3)31(4)69-51)48(54-41)34-14-16-38(52)17-15-34/h11-18,20-23,29,39,41H,8-10,19,24-27H2,1-7H3,(H,53,62)(H,63,64)/t29-,39?,41+/m1/s1. The van der Waals surface area contributed by atoms with Crippen molar-refractivity contribution in [3.63, 3.8) is 0 Å². The predicted molar refractivity (Wildman–Crippen MR) is 268 cm³/mol. The van der Waals surface area contributed by atoms with E-state index in [1.54, 1.807) is 42.3 Å². The number of rotatable bonds is 15. The van der Waals surface area contributed by atoms with Gasteiger partial charge in [0, 0.05) is 47.1 Å². The van der Waals surface area contributed by atoms with Gasteiger partial charge in [-0.3, -0.25) is 19.1 Å². The van der Waals surface area contributed by atoms with Gasteiger partial charge in [0.25, 0.3) is 0 Å². The summed E-state index contributed by atoms with van der Waals surface area (Å²) in [6.07, 6.45) is 1.48. The molecule has 0 aliphatic carbocycles. The van der Waals surface area contributed by atoms with Crippen LogP contribution < -0.4 is 14.8 Å². The molecule has 1 amide bonds. The summed E-state index contributed by atoms with van der Waals surface area (Å²) in [5.74, 6) is 0.438. The number of aryl methyl sites for hydroxylation is 5. The van der Waals surface area contributed by atoms with Crippen LogP contribution in [0.2, 0.25) is 5.02 Å². The van der Waals surface area contributed by atoms with Crippen molar-refractivity contribution < 1.29 is 32.6 Å². The molecule has 7 aromatic rings. The molecule has 4 aromatic carbocycles. The van der Waals surface area contributed by atoms with Crippen LogP contribution in [-0.2, 0) is 39.6 Å². The van der Waals surface area contributed by atoms with Crippen molar-refractivity contribution in [1.29, 1.82) is 0 Å². The molecule has 0 saturated heterocycles. The third kappa shape index (κ3) is 9.56. The highest BCUT2D eigenvalue weighted by atomic mass is 35.5. The molecule has 0 spiro atoms. The Hall–Kier alpha value is -6.47. The number of unbranched alkanes of at least 4 members (excludes halogenated alkanes) is 1. The number of nitrogens with zero attached hydrogens (tertiary/aromatic N) is 8. The number of sulfonamides is 1. The normalized spacial score (nSPS) is 16.8. The van der Waals surface area contributed by atoms with Crippen molar-refractivity contribution in [3.8, 4) is 16.5 Å². The Morgan fingerprint density at radius 2 is 1.77 bits per heavy atom. The highest BCUT2D eigenvalue weighted by Gasteiger charge is 2.35. The Bertz CT molecular complexity index is 3310. The summed E-state index contributed by atoms with van der Waals surface area (Å²) >= 11 is 7.93. The van der Waals surface area contributed by atoms with E-state index in [0.29, 0.717) is 58.3 Å². The van der Waals surface area contributed by atoms with E-state index < -0.39 is 34.1 Å². The lowest BCUT2D eigenvalue weighted by Gasteiger charge is -2.24. The number of aliphatic imine (C=N–C) groups is 1. The maximum atomic E-state index is 14.4. The monoisotopic (exact) mass is 1000 g/mol. The summed E-state index contributed by atoms with van der Waals surface area (Å²) in [5.41, 5.74) is 9.00. The van der Waals surface area contributed by atoms with E-state index in [2.05, 4.69) is 39.7 Å². The molecule has 1 unspecified atom stereocenters. The van der Waals surface area contributed by atoms with Crippen LogP contribution in [0, 0.1) is 27.7 Å². The summed E-state index contributed by atoms with van der Waals surface area (Å²) < 4.78 is 45.9. The maximum Gasteiger partial charge on any atom is 0.304 e. The minimum atomic E-state index is -4.02. The molecule has 3 aromatic heterocycles. The average molecular weight is 1000 g/mol. The van der Waals surface area contributed by atoms with Gasteiger partial charge in [-0.1, -0.05) is 53.2 Å². The number of hydrogen-bond donors (Lipinski definition) is 2. The van der Waals surface area contributed by atoms with Gasteiger partial charge in [-0.05, 0) is 124 Å². The molecular weight excluding hydrogens is 950 g/mol. The second-order valence-electron chi connectivity index (χ2n) is 18.1. The first-order chi connectivity index (χ1) is 33.5. The third-order valence-corrected chi connectivity index (χ3v) is 16.5. The van der Waals surface area contributed by atoms with E-state index >= 15 is 0 Å². The van der Waals surface area contributed by atoms with Crippen LogP contribution in [0.5, 0.6) is 11.5 Å². The molecule has 16 nitrogen and oxygen atoms in total. The predicted octanol–water partition coefficient (Wildman–Crippen LogP) is 8.51. The molecule has 2 aliphatic rings. The second kappa shape index (κ2) is 19.7. The van der Waals surface area contributed by atoms with Gasteiger partial charge in [-0.2, -0.15) is 4.31 Å². The van der Waals surface area contributed by atoms with Crippen LogP contribution >= 0.6 is 22.9 Å². The fraction of sp³-hybridized carbons (Fsp3) is 0.353. The van der Waals surface area contributed by atoms with Gasteiger partial charge >= 0.3 is 5.97 Å². The summed E-state index contributed by atoms with van der Waals surface area (Å²) in [5, 5.41) is 32.0. The van der Waals surface area contributed by atoms with Gasteiger partial charge < -0.3 is 19.9 Å². The molecule has 70 heavy (non-hydrogen) atoms. The Morgan fingerprint density at radius 3 is 2.53 bits per heavy atom. The Kier molecular flexibility index (Phi) is 13.7. The minimum Gasteiger partial charge on any atom is -0.494 e. The molecule has 0 saturated carbocycles. The zero-order valence-electron chi connectivity index (χ0n) is 40.0. The van der Waals surface area contributed by atoms with Gasteiger partial charge in [0.15, 0.2) is 5.82 Å². The molecule has 3 atom stereocenters. The number of carboxylic acid groups (broad SMARTS) is 1. The van der Waals surface area contributed by atoms with E-state index in [-0.39, 0.29) is 36.7 Å². The number of amides is 1. The lowest BCUT2D eigenvalue weighted by Crippen LogP contribution is -2.35. The molecule has 0 radical (unpaired) electrons. The number of halogens is 1. The fourth-order valence-corrected chi connectivity index (χ4v) is 12.3. The summed E-state index contributed by atoms with van der Waals surface area (Å²) in [6, 6.07) is 21.6. The molecule has 5 heterocycles. The van der Waals surface area contributed by atoms with Crippen LogP contribution in [-0.4, -0.2) is 91.5 Å². The third-order valence-electron chi connectivity index (χ3n) is 13.2. The zero-order valence-corrected chi connectivity index (χ0v) is 42.4. The zero-order chi connectivity index (χ0) is 49.6. The van der Waals surface area contributed by atoms with E-state index in [4.69, 9.17) is 26.1 Å². The second-order valence-corrected chi connectivity index (χ2v) is 21.6. The highest BCUT2D eigenvalue weighted by molar-refractivity contribution is 7.89. The van der Waals surface area contributed by atoms with Crippen molar-refractivity contribution in [2.45, 2.75) is 96.2 Å². The molecule has 2 aliphatic heterocycles. The molecule has 0 fully saturated rings. The quantitative estimate of drug-likeness (QED) is 0.0935. The van der Waals surface area contributed by atoms with Gasteiger partial charge in [0.05, 0.1) is 32.2 Å². The van der Waals surface area contributed by atoms with Gasteiger partial charge in [0.2, 0.25) is 15.9 Å². The van der Waals surface area contributed by atoms with Crippen LogP contribution in [0.3, 0.4) is 0 Å². The maximum absolute atomic E-state index is 14.4. The molecule has 19 heteroatoms. The molecular formula is C51H54ClN9O7S2. The Balaban J connectivity index is 0.859. The first-order valence-electron chi connectivity index (χ1n) is 23.1. The number of fused-ring (bicyclic) bond motifs is 5. The number of nitrogens with one attached hydrogen (secondary N) is 1. The number of methoxy groups -OCH3 is 1. The lowest BCUT2D eigenvalue weighted by molar-refractivity contribution is -0.137. The first-order valence-corrected chi connectivity index (χ1v) is 25.8. The van der Waals surface area contributed by atoms with Gasteiger partial charge in [0.1, 0.15) is 50.4 Å². The van der Waals surface area contributed by atoms with Crippen molar-refractivity contribution in [1.82, 2.24) is 39.4 Å². The highest BCUT2D eigenvalue weighted by Crippen LogP contribution is 2.41. The minimum absolute atomic E-state index is 0.0556. The smallest absolute Gasteiger partial charge is 0.304 e. The number of hydrogen-bond acceptors (Lipinski definition) is 12. The van der Waals surface area contributed by atoms with E-state index in [1.165, 1.54) is 9.18 Å². The van der Waals surface area contributed by atoms with E-state index in [9.17, 15) is 23.1 Å². The molecule has 0 bridgehead atoms. The number of thiophene rings is 1. The lowest BCUT2D eigenvalue weighted by atomic mass is 9.86. The van der Waals surface area contributed by atoms with E-state index in [1.807, 2.05) is 86.0 Å². The number of carboxylic acids is 1. The molecule has 364 valence electrons. The van der Waals surface area contributed by atoms with Crippen molar-refractivity contribution in [2.24, 2.45) is 12.0 Å². The van der Waals surface area contributed by atoms with Crippen LogP contribution in [0.25, 0.3) is 16.0 Å². The van der Waals surface area contributed by atoms with Crippen LogP contribution in [0.15, 0.2) is 82.7 Å². The summed E-state index contributed by atoms with van der Waals surface area (Å²) in [7, 11) is -0.713. The molecule has 9 rings (SSSR count). The number of ether oxygens (including phenoxy) is 2. The number of aliphatic carboxylic acids is 1. The largest absolute Gasteiger partial charge is 0.494 e. The fourth-order valence-electron chi connectivity index (χ4n) is 9.41. The number of benzene rings is 4. The van der Waals surface area contributed by atoms with Gasteiger partial charge in [-0.15, -0.1) is 26.6 Å². The Labute approximate surface area is 415 Å². The summed E-state index contributed by atoms with van der Waals surface area (Å²) in [4.78, 5) is 32.3. The number of carbonyl (C=O) groups excluding carboxylic acids is 1. The van der Waals surface area contributed by atoms with Crippen molar-refractivity contribution in [3.05, 3.63) is 139 Å². The van der Waals surface area contributed by atoms with Crippen molar-refractivity contribution in [2.75, 3.05) is 20.2 Å². The first kappa shape index (κ1) is 48.5. The Morgan fingerprint density at radius 1 is 0.986 bits per heavy atom. The SMILES string of the molecule is COc1cc(C(CC(=O)O)c2ccc(C)c(CN3C[C@@H](C)Oc4cc(CCCCNC(=O)C[C@@H]5N=C(c6ccc(Cl)cc6)c6c(sc(C)c6C)-n6c(C)nnc65)ccc4S3(=O)=O)c2)cc2nnn(C)c12. The summed E-state index contributed by atoms with van der Waals surface area (Å²) in [6.45, 7) is 10.5. The topological polar surface area (TPSA) is 196 Å². The van der Waals surface area contributed by atoms with Crippen molar-refractivity contribution >= 4 is 61.6 Å². The van der Waals surface area contributed by atoms with Crippen LogP contribution in [0.4, 0.5) is 0 Å². The van der Waals surface area contributed by atoms with E-state index in [0.717, 1.165) is 61.9 Å². The van der Waals surface area contributed by atoms with Crippen LogP contribution in [0.1, 0.15) is 106 Å². The average Bonchev–Trinajstić information content (AvgIpc) is 3.94. The number of aromatic nitrogens is 6. The molecule has 2 N–H and O–H groups in total.